The topological polar surface area (TPSA) is 65.5 Å². The summed E-state index contributed by atoms with van der Waals surface area (Å²) in [6.45, 7) is 4.70. The average molecular weight is 500 g/mol. The lowest BCUT2D eigenvalue weighted by Crippen LogP contribution is -2.31. The second-order valence-corrected chi connectivity index (χ2v) is 10.5. The van der Waals surface area contributed by atoms with Gasteiger partial charge in [0.2, 0.25) is 0 Å². The minimum absolute atomic E-state index is 0.0176. The minimum atomic E-state index is -0.127. The number of carbonyl (C=O) groups is 1. The first-order valence-corrected chi connectivity index (χ1v) is 12.4. The van der Waals surface area contributed by atoms with Crippen molar-refractivity contribution in [3.8, 4) is 16.9 Å². The summed E-state index contributed by atoms with van der Waals surface area (Å²) in [5.41, 5.74) is 4.99. The highest BCUT2D eigenvalue weighted by molar-refractivity contribution is 6.37. The van der Waals surface area contributed by atoms with Gasteiger partial charge in [0, 0.05) is 24.2 Å². The normalized spacial score (nSPS) is 18.4. The highest BCUT2D eigenvalue weighted by atomic mass is 35.5. The number of rotatable bonds is 6. The van der Waals surface area contributed by atoms with Crippen molar-refractivity contribution in [2.24, 2.45) is 5.92 Å². The number of benzene rings is 2. The Bertz CT molecular complexity index is 1210. The third kappa shape index (κ3) is 5.17. The average Bonchev–Trinajstić information content (AvgIpc) is 2.77. The van der Waals surface area contributed by atoms with Gasteiger partial charge >= 0.3 is 0 Å². The number of nitrogens with one attached hydrogen (secondary N) is 1. The molecule has 5 nitrogen and oxygen atoms in total. The first kappa shape index (κ1) is 24.8. The third-order valence-electron chi connectivity index (χ3n) is 6.74. The van der Waals surface area contributed by atoms with Gasteiger partial charge in [-0.1, -0.05) is 23.2 Å². The largest absolute Gasteiger partial charge is 0.505 e. The molecule has 0 atom stereocenters. The van der Waals surface area contributed by atoms with Crippen molar-refractivity contribution in [3.05, 3.63) is 51.6 Å². The fourth-order valence-electron chi connectivity index (χ4n) is 5.01. The maximum absolute atomic E-state index is 12.5. The molecule has 4 rings (SSSR count). The zero-order chi connectivity index (χ0) is 24.6. The molecule has 7 heteroatoms. The van der Waals surface area contributed by atoms with Crippen LogP contribution in [0, 0.1) is 12.8 Å². The van der Waals surface area contributed by atoms with Gasteiger partial charge in [-0.25, -0.2) is 0 Å². The van der Waals surface area contributed by atoms with E-state index in [0.717, 1.165) is 52.7 Å². The molecule has 0 saturated heterocycles. The van der Waals surface area contributed by atoms with Crippen LogP contribution in [0.3, 0.4) is 0 Å². The number of hydrogen-bond donors (Lipinski definition) is 2. The summed E-state index contributed by atoms with van der Waals surface area (Å²) in [6.07, 6.45) is 6.16. The van der Waals surface area contributed by atoms with Crippen LogP contribution in [0.25, 0.3) is 22.0 Å². The molecule has 1 saturated carbocycles. The predicted octanol–water partition coefficient (Wildman–Crippen LogP) is 6.96. The first-order chi connectivity index (χ1) is 16.1. The number of phenols is 1. The van der Waals surface area contributed by atoms with E-state index < -0.39 is 0 Å². The number of aryl methyl sites for hydroxylation is 1. The number of anilines is 1. The molecule has 0 aliphatic heterocycles. The number of pyridine rings is 1. The Morgan fingerprint density at radius 1 is 1.12 bits per heavy atom. The van der Waals surface area contributed by atoms with E-state index in [2.05, 4.69) is 29.3 Å². The van der Waals surface area contributed by atoms with E-state index in [0.29, 0.717) is 17.5 Å². The van der Waals surface area contributed by atoms with Crippen LogP contribution < -0.4 is 5.32 Å². The fourth-order valence-corrected chi connectivity index (χ4v) is 5.49. The van der Waals surface area contributed by atoms with Crippen LogP contribution in [0.5, 0.6) is 5.75 Å². The highest BCUT2D eigenvalue weighted by Gasteiger charge is 2.24. The highest BCUT2D eigenvalue weighted by Crippen LogP contribution is 2.40. The number of Topliss-reactive ketones (excluding diaryl/α,β-unsaturated/α-hetero) is 1. The Labute approximate surface area is 211 Å². The SMILES string of the molecule is CC(=O)c1cnc2cc(C)c(-c3cc(Cl)c(O)c(Cl)c3)cc2c1N[C@H]1CC[C@H](CN(C)C)CC1. The van der Waals surface area contributed by atoms with E-state index in [1.54, 1.807) is 25.3 Å². The number of ketones is 1. The number of fused-ring (bicyclic) bond motifs is 1. The number of hydrogen-bond acceptors (Lipinski definition) is 5. The van der Waals surface area contributed by atoms with Gasteiger partial charge in [-0.2, -0.15) is 0 Å². The fraction of sp³-hybridized carbons (Fsp3) is 0.407. The van der Waals surface area contributed by atoms with Crippen LogP contribution in [0.2, 0.25) is 10.0 Å². The summed E-state index contributed by atoms with van der Waals surface area (Å²) in [7, 11) is 4.25. The van der Waals surface area contributed by atoms with Crippen molar-refractivity contribution in [1.29, 1.82) is 0 Å². The Balaban J connectivity index is 1.75. The second kappa shape index (κ2) is 10.1. The molecule has 1 aliphatic carbocycles. The monoisotopic (exact) mass is 499 g/mol. The summed E-state index contributed by atoms with van der Waals surface area (Å²) >= 11 is 12.4. The van der Waals surface area contributed by atoms with E-state index in [1.165, 1.54) is 12.8 Å². The quantitative estimate of drug-likeness (QED) is 0.358. The Morgan fingerprint density at radius 2 is 1.76 bits per heavy atom. The molecular formula is C27H31Cl2N3O2. The summed E-state index contributed by atoms with van der Waals surface area (Å²) in [4.78, 5) is 19.4. The number of aromatic hydroxyl groups is 1. The zero-order valence-corrected chi connectivity index (χ0v) is 21.6. The van der Waals surface area contributed by atoms with E-state index in [1.807, 2.05) is 19.1 Å². The lowest BCUT2D eigenvalue weighted by Gasteiger charge is -2.32. The van der Waals surface area contributed by atoms with Crippen molar-refractivity contribution < 1.29 is 9.90 Å². The molecule has 2 N–H and O–H groups in total. The Morgan fingerprint density at radius 3 is 2.35 bits per heavy atom. The molecule has 1 fully saturated rings. The molecule has 0 radical (unpaired) electrons. The number of phenolic OH excluding ortho intramolecular Hbond substituents is 1. The van der Waals surface area contributed by atoms with E-state index in [9.17, 15) is 9.90 Å². The van der Waals surface area contributed by atoms with Crippen molar-refractivity contribution in [3.63, 3.8) is 0 Å². The Kier molecular flexibility index (Phi) is 7.36. The second-order valence-electron chi connectivity index (χ2n) is 9.70. The van der Waals surface area contributed by atoms with Crippen LogP contribution >= 0.6 is 23.2 Å². The zero-order valence-electron chi connectivity index (χ0n) is 20.1. The molecule has 0 unspecified atom stereocenters. The van der Waals surface area contributed by atoms with Crippen LogP contribution in [0.15, 0.2) is 30.5 Å². The summed E-state index contributed by atoms with van der Waals surface area (Å²) in [5, 5.41) is 15.0. The van der Waals surface area contributed by atoms with Gasteiger partial charge in [0.25, 0.3) is 0 Å². The van der Waals surface area contributed by atoms with Gasteiger partial charge in [-0.05, 0) is 100 Å². The summed E-state index contributed by atoms with van der Waals surface area (Å²) in [6, 6.07) is 7.78. The van der Waals surface area contributed by atoms with Crippen molar-refractivity contribution >= 4 is 45.6 Å². The van der Waals surface area contributed by atoms with Crippen LogP contribution in [0.1, 0.15) is 48.5 Å². The van der Waals surface area contributed by atoms with Gasteiger partial charge in [-0.15, -0.1) is 0 Å². The van der Waals surface area contributed by atoms with Crippen molar-refractivity contribution in [2.75, 3.05) is 26.0 Å². The maximum Gasteiger partial charge on any atom is 0.163 e. The summed E-state index contributed by atoms with van der Waals surface area (Å²) in [5.74, 6) is 0.571. The third-order valence-corrected chi connectivity index (χ3v) is 7.32. The minimum Gasteiger partial charge on any atom is -0.505 e. The van der Waals surface area contributed by atoms with Crippen LogP contribution in [-0.4, -0.2) is 47.5 Å². The Hall–Kier alpha value is -2.34. The van der Waals surface area contributed by atoms with E-state index in [4.69, 9.17) is 23.2 Å². The lowest BCUT2D eigenvalue weighted by atomic mass is 9.85. The van der Waals surface area contributed by atoms with Crippen molar-refractivity contribution in [2.45, 2.75) is 45.6 Å². The van der Waals surface area contributed by atoms with Crippen molar-refractivity contribution in [1.82, 2.24) is 9.88 Å². The number of carbonyl (C=O) groups excluding carboxylic acids is 1. The molecule has 1 aliphatic rings. The number of aromatic nitrogens is 1. The molecule has 2 aromatic carbocycles. The van der Waals surface area contributed by atoms with Gasteiger partial charge in [0.1, 0.15) is 0 Å². The van der Waals surface area contributed by atoms with Gasteiger partial charge < -0.3 is 15.3 Å². The summed E-state index contributed by atoms with van der Waals surface area (Å²) < 4.78 is 0. The lowest BCUT2D eigenvalue weighted by molar-refractivity contribution is 0.101. The standard InChI is InChI=1S/C27H31Cl2N3O2/c1-15-9-25-21(12-20(15)18-10-23(28)27(34)24(29)11-18)26(22(13-30-25)16(2)33)31-19-7-5-17(6-8-19)14-32(3)4/h9-13,17,19,34H,5-8,14H2,1-4H3,(H,30,31)/t17-,19-. The molecule has 0 amide bonds. The molecule has 0 bridgehead atoms. The molecule has 34 heavy (non-hydrogen) atoms. The molecule has 0 spiro atoms. The van der Waals surface area contributed by atoms with E-state index >= 15 is 0 Å². The number of halogens is 2. The van der Waals surface area contributed by atoms with E-state index in [-0.39, 0.29) is 21.6 Å². The van der Waals surface area contributed by atoms with Crippen LogP contribution in [0.4, 0.5) is 5.69 Å². The van der Waals surface area contributed by atoms with Gasteiger partial charge in [0.15, 0.2) is 11.5 Å². The molecule has 1 aromatic heterocycles. The molecule has 3 aromatic rings. The molecular weight excluding hydrogens is 469 g/mol. The van der Waals surface area contributed by atoms with Gasteiger partial charge in [-0.3, -0.25) is 9.78 Å². The number of nitrogens with zero attached hydrogens (tertiary/aromatic N) is 2. The first-order valence-electron chi connectivity index (χ1n) is 11.7. The van der Waals surface area contributed by atoms with Gasteiger partial charge in [0.05, 0.1) is 26.8 Å². The maximum atomic E-state index is 12.5. The molecule has 1 heterocycles. The predicted molar refractivity (Wildman–Crippen MR) is 142 cm³/mol. The smallest absolute Gasteiger partial charge is 0.163 e. The van der Waals surface area contributed by atoms with Crippen LogP contribution in [-0.2, 0) is 0 Å². The molecule has 180 valence electrons.